The number of anilines is 1. The van der Waals surface area contributed by atoms with Crippen molar-refractivity contribution in [2.45, 2.75) is 20.8 Å². The van der Waals surface area contributed by atoms with Gasteiger partial charge in [0.1, 0.15) is 0 Å². The Hall–Kier alpha value is -3.78. The van der Waals surface area contributed by atoms with Gasteiger partial charge in [-0.25, -0.2) is 4.98 Å². The second kappa shape index (κ2) is 9.15. The topological polar surface area (TPSA) is 99.8 Å². The second-order valence-electron chi connectivity index (χ2n) is 7.49. The van der Waals surface area contributed by atoms with E-state index in [0.29, 0.717) is 10.7 Å². The average Bonchev–Trinajstić information content (AvgIpc) is 3.39. The van der Waals surface area contributed by atoms with Crippen molar-refractivity contribution in [3.8, 4) is 22.4 Å². The van der Waals surface area contributed by atoms with Crippen molar-refractivity contribution in [1.29, 1.82) is 0 Å². The molecule has 4 rings (SSSR count). The number of hydrogen-bond donors (Lipinski definition) is 3. The largest absolute Gasteiger partial charge is 0.364 e. The summed E-state index contributed by atoms with van der Waals surface area (Å²) in [6.07, 6.45) is 3.44. The molecule has 3 aromatic heterocycles. The van der Waals surface area contributed by atoms with Crippen LogP contribution >= 0.6 is 11.3 Å². The molecule has 7 nitrogen and oxygen atoms in total. The number of aryl methyl sites for hydroxylation is 2. The number of benzene rings is 1. The molecule has 162 valence electrons. The van der Waals surface area contributed by atoms with Gasteiger partial charge >= 0.3 is 0 Å². The summed E-state index contributed by atoms with van der Waals surface area (Å²) in [5.41, 5.74) is 7.20. The number of nitrogens with zero attached hydrogens (tertiary/aromatic N) is 2. The molecule has 8 heteroatoms. The Kier molecular flexibility index (Phi) is 6.13. The van der Waals surface area contributed by atoms with Crippen LogP contribution in [-0.2, 0) is 4.79 Å². The lowest BCUT2D eigenvalue weighted by Crippen LogP contribution is -2.33. The van der Waals surface area contributed by atoms with Gasteiger partial charge in [-0.2, -0.15) is 0 Å². The monoisotopic (exact) mass is 445 g/mol. The first-order valence-corrected chi connectivity index (χ1v) is 11.0. The lowest BCUT2D eigenvalue weighted by Gasteiger charge is -2.05. The van der Waals surface area contributed by atoms with E-state index in [1.54, 1.807) is 12.4 Å². The van der Waals surface area contributed by atoms with E-state index in [2.05, 4.69) is 31.7 Å². The number of carbonyl (C=O) groups excluding carboxylic acids is 2. The van der Waals surface area contributed by atoms with Gasteiger partial charge in [-0.15, -0.1) is 11.3 Å². The number of amides is 2. The molecule has 32 heavy (non-hydrogen) atoms. The van der Waals surface area contributed by atoms with E-state index in [9.17, 15) is 9.59 Å². The van der Waals surface area contributed by atoms with Crippen LogP contribution in [0.1, 0.15) is 27.3 Å². The molecule has 0 aliphatic carbocycles. The van der Waals surface area contributed by atoms with E-state index in [4.69, 9.17) is 0 Å². The third-order valence-corrected chi connectivity index (χ3v) is 5.95. The average molecular weight is 446 g/mol. The fraction of sp³-hybridized carbons (Fsp3) is 0.167. The second-order valence-corrected chi connectivity index (χ2v) is 8.35. The van der Waals surface area contributed by atoms with E-state index in [1.807, 2.05) is 56.5 Å². The highest BCUT2D eigenvalue weighted by Crippen LogP contribution is 2.29. The van der Waals surface area contributed by atoms with Gasteiger partial charge in [0.05, 0.1) is 17.8 Å². The molecule has 0 spiro atoms. The summed E-state index contributed by atoms with van der Waals surface area (Å²) < 4.78 is 0. The summed E-state index contributed by atoms with van der Waals surface area (Å²) in [5, 5.41) is 7.78. The Morgan fingerprint density at radius 2 is 1.84 bits per heavy atom. The molecule has 1 aromatic carbocycles. The Bertz CT molecular complexity index is 1290. The first-order valence-electron chi connectivity index (χ1n) is 10.1. The van der Waals surface area contributed by atoms with Gasteiger partial charge in [0.25, 0.3) is 5.91 Å². The molecule has 0 saturated carbocycles. The van der Waals surface area contributed by atoms with Crippen LogP contribution in [0.2, 0.25) is 0 Å². The van der Waals surface area contributed by atoms with Crippen molar-refractivity contribution < 1.29 is 9.59 Å². The molecule has 4 aromatic rings. The summed E-state index contributed by atoms with van der Waals surface area (Å²) in [7, 11) is 0. The lowest BCUT2D eigenvalue weighted by molar-refractivity contribution is -0.115. The minimum Gasteiger partial charge on any atom is -0.364 e. The van der Waals surface area contributed by atoms with Crippen LogP contribution in [0.3, 0.4) is 0 Å². The first kappa shape index (κ1) is 21.5. The van der Waals surface area contributed by atoms with Crippen LogP contribution in [0.15, 0.2) is 54.2 Å². The van der Waals surface area contributed by atoms with Crippen LogP contribution in [0.4, 0.5) is 5.13 Å². The third kappa shape index (κ3) is 4.76. The molecule has 3 heterocycles. The number of carbonyl (C=O) groups is 2. The predicted molar refractivity (Wildman–Crippen MR) is 127 cm³/mol. The molecule has 0 radical (unpaired) electrons. The van der Waals surface area contributed by atoms with Crippen molar-refractivity contribution in [2.75, 3.05) is 11.9 Å². The summed E-state index contributed by atoms with van der Waals surface area (Å²) in [6, 6.07) is 12.1. The number of thiazole rings is 1. The van der Waals surface area contributed by atoms with Gasteiger partial charge in [0.2, 0.25) is 5.91 Å². The summed E-state index contributed by atoms with van der Waals surface area (Å²) >= 11 is 1.34. The Morgan fingerprint density at radius 1 is 1.06 bits per heavy atom. The smallest absolute Gasteiger partial charge is 0.253 e. The highest BCUT2D eigenvalue weighted by molar-refractivity contribution is 7.14. The van der Waals surface area contributed by atoms with Crippen LogP contribution < -0.4 is 10.6 Å². The molecule has 0 fully saturated rings. The molecular formula is C24H23N5O2S. The molecule has 0 aliphatic heterocycles. The van der Waals surface area contributed by atoms with Crippen molar-refractivity contribution in [2.24, 2.45) is 0 Å². The number of H-pyrrole nitrogens is 1. The van der Waals surface area contributed by atoms with Crippen LogP contribution in [0.5, 0.6) is 0 Å². The van der Waals surface area contributed by atoms with Crippen LogP contribution in [0.25, 0.3) is 22.4 Å². The van der Waals surface area contributed by atoms with E-state index in [-0.39, 0.29) is 18.4 Å². The van der Waals surface area contributed by atoms with Crippen LogP contribution in [-0.4, -0.2) is 33.3 Å². The van der Waals surface area contributed by atoms with Gasteiger partial charge in [0, 0.05) is 34.7 Å². The standard InChI is InChI=1S/C24H23N5O2S/c1-14-9-18(7-8-25-14)17-5-4-6-19(10-17)21-13-32-24(28-21)29-22(30)12-27-23(31)20-11-26-16(3)15(20)2/h4-11,13,26H,12H2,1-3H3,(H,27,31)(H,28,29,30). The number of aromatic nitrogens is 3. The molecule has 0 unspecified atom stereocenters. The van der Waals surface area contributed by atoms with E-state index < -0.39 is 0 Å². The van der Waals surface area contributed by atoms with Gasteiger partial charge < -0.3 is 15.6 Å². The van der Waals surface area contributed by atoms with E-state index in [0.717, 1.165) is 39.3 Å². The molecule has 2 amide bonds. The maximum atomic E-state index is 12.3. The number of hydrogen-bond acceptors (Lipinski definition) is 5. The Labute approximate surface area is 190 Å². The quantitative estimate of drug-likeness (QED) is 0.407. The number of nitrogens with one attached hydrogen (secondary N) is 3. The first-order chi connectivity index (χ1) is 15.4. The summed E-state index contributed by atoms with van der Waals surface area (Å²) in [6.45, 7) is 5.59. The lowest BCUT2D eigenvalue weighted by atomic mass is 10.0. The molecule has 0 saturated heterocycles. The van der Waals surface area contributed by atoms with Crippen molar-refractivity contribution in [1.82, 2.24) is 20.3 Å². The minimum atomic E-state index is -0.329. The van der Waals surface area contributed by atoms with Crippen molar-refractivity contribution >= 4 is 28.3 Å². The zero-order valence-electron chi connectivity index (χ0n) is 18.0. The van der Waals surface area contributed by atoms with Gasteiger partial charge in [-0.3, -0.25) is 14.6 Å². The molecule has 3 N–H and O–H groups in total. The predicted octanol–water partition coefficient (Wildman–Crippen LogP) is 4.49. The maximum absolute atomic E-state index is 12.3. The fourth-order valence-electron chi connectivity index (χ4n) is 3.30. The van der Waals surface area contributed by atoms with E-state index in [1.165, 1.54) is 11.3 Å². The van der Waals surface area contributed by atoms with Gasteiger partial charge in [-0.05, 0) is 55.7 Å². The zero-order chi connectivity index (χ0) is 22.7. The van der Waals surface area contributed by atoms with Gasteiger partial charge in [-0.1, -0.05) is 18.2 Å². The van der Waals surface area contributed by atoms with Crippen molar-refractivity contribution in [3.63, 3.8) is 0 Å². The molecular weight excluding hydrogens is 422 g/mol. The van der Waals surface area contributed by atoms with E-state index >= 15 is 0 Å². The zero-order valence-corrected chi connectivity index (χ0v) is 18.8. The highest BCUT2D eigenvalue weighted by atomic mass is 32.1. The normalized spacial score (nSPS) is 10.7. The molecule has 0 bridgehead atoms. The van der Waals surface area contributed by atoms with Gasteiger partial charge in [0.15, 0.2) is 5.13 Å². The van der Waals surface area contributed by atoms with Crippen molar-refractivity contribution in [3.05, 3.63) is 76.7 Å². The molecule has 0 aliphatic rings. The Morgan fingerprint density at radius 3 is 2.59 bits per heavy atom. The van der Waals surface area contributed by atoms with Crippen LogP contribution in [0, 0.1) is 20.8 Å². The third-order valence-electron chi connectivity index (χ3n) is 5.19. The SMILES string of the molecule is Cc1cc(-c2cccc(-c3csc(NC(=O)CNC(=O)c4c[nH]c(C)c4C)n3)c2)ccn1. The molecule has 0 atom stereocenters. The highest BCUT2D eigenvalue weighted by Gasteiger charge is 2.14. The minimum absolute atomic E-state index is 0.131. The fourth-order valence-corrected chi connectivity index (χ4v) is 4.04. The summed E-state index contributed by atoms with van der Waals surface area (Å²) in [4.78, 5) is 36.3. The number of pyridine rings is 1. The Balaban J connectivity index is 1.40. The number of rotatable bonds is 6. The maximum Gasteiger partial charge on any atom is 0.253 e. The summed E-state index contributed by atoms with van der Waals surface area (Å²) in [5.74, 6) is -0.616. The number of aromatic amines is 1.